The molecule has 2 heterocycles. The fraction of sp³-hybridized carbons (Fsp3) is 0.571. The highest BCUT2D eigenvalue weighted by Crippen LogP contribution is 2.29. The first-order valence-electron chi connectivity index (χ1n) is 6.75. The topological polar surface area (TPSA) is 32.5 Å². The number of nitrogens with zero attached hydrogens (tertiary/aromatic N) is 2. The third kappa shape index (κ3) is 2.29. The van der Waals surface area contributed by atoms with Crippen molar-refractivity contribution >= 4 is 21.6 Å². The molecule has 0 aromatic heterocycles. The van der Waals surface area contributed by atoms with Gasteiger partial charge in [0.1, 0.15) is 0 Å². The van der Waals surface area contributed by atoms with E-state index in [9.17, 15) is 0 Å². The van der Waals surface area contributed by atoms with Crippen LogP contribution in [0.2, 0.25) is 0 Å². The van der Waals surface area contributed by atoms with Crippen LogP contribution in [0.1, 0.15) is 18.4 Å². The molecule has 0 aliphatic carbocycles. The van der Waals surface area contributed by atoms with Gasteiger partial charge in [-0.15, -0.1) is 0 Å². The number of halogens is 1. The average Bonchev–Trinajstić information content (AvgIpc) is 2.85. The Bertz CT molecular complexity index is 435. The molecule has 0 radical (unpaired) electrons. The van der Waals surface area contributed by atoms with Crippen LogP contribution in [0.5, 0.6) is 0 Å². The SMILES string of the molecule is NCc1ccc(Br)cc1N1CCN2CCCC2C1. The summed E-state index contributed by atoms with van der Waals surface area (Å²) in [6, 6.07) is 7.19. The molecule has 0 spiro atoms. The van der Waals surface area contributed by atoms with Gasteiger partial charge in [0.2, 0.25) is 0 Å². The Morgan fingerprint density at radius 3 is 3.00 bits per heavy atom. The maximum atomic E-state index is 5.86. The molecular formula is C14H20BrN3. The number of nitrogens with two attached hydrogens (primary N) is 1. The Morgan fingerprint density at radius 1 is 1.28 bits per heavy atom. The summed E-state index contributed by atoms with van der Waals surface area (Å²) >= 11 is 3.57. The lowest BCUT2D eigenvalue weighted by Crippen LogP contribution is -2.50. The normalized spacial score (nSPS) is 24.3. The van der Waals surface area contributed by atoms with E-state index < -0.39 is 0 Å². The molecule has 2 aliphatic rings. The van der Waals surface area contributed by atoms with E-state index in [0.717, 1.165) is 23.6 Å². The van der Waals surface area contributed by atoms with Crippen LogP contribution < -0.4 is 10.6 Å². The molecule has 0 saturated carbocycles. The van der Waals surface area contributed by atoms with E-state index in [4.69, 9.17) is 5.73 Å². The zero-order valence-corrected chi connectivity index (χ0v) is 12.2. The van der Waals surface area contributed by atoms with Crippen molar-refractivity contribution in [3.8, 4) is 0 Å². The number of piperazine rings is 1. The van der Waals surface area contributed by atoms with Crippen LogP contribution in [0.15, 0.2) is 22.7 Å². The van der Waals surface area contributed by atoms with Crippen molar-refractivity contribution in [3.05, 3.63) is 28.2 Å². The molecular weight excluding hydrogens is 290 g/mol. The molecule has 3 rings (SSSR count). The number of rotatable bonds is 2. The second kappa shape index (κ2) is 5.19. The third-order valence-electron chi connectivity index (χ3n) is 4.20. The van der Waals surface area contributed by atoms with Crippen molar-refractivity contribution < 1.29 is 0 Å². The van der Waals surface area contributed by atoms with Crippen LogP contribution in [0.4, 0.5) is 5.69 Å². The molecule has 2 N–H and O–H groups in total. The van der Waals surface area contributed by atoms with Gasteiger partial charge in [0, 0.05) is 42.4 Å². The Balaban J connectivity index is 1.84. The minimum absolute atomic E-state index is 0.619. The molecule has 4 heteroatoms. The van der Waals surface area contributed by atoms with Crippen molar-refractivity contribution in [1.29, 1.82) is 0 Å². The van der Waals surface area contributed by atoms with Gasteiger partial charge in [-0.25, -0.2) is 0 Å². The summed E-state index contributed by atoms with van der Waals surface area (Å²) in [6.45, 7) is 5.39. The maximum absolute atomic E-state index is 5.86. The van der Waals surface area contributed by atoms with Gasteiger partial charge < -0.3 is 10.6 Å². The summed E-state index contributed by atoms with van der Waals surface area (Å²) in [5.41, 5.74) is 8.43. The molecule has 3 nitrogen and oxygen atoms in total. The van der Waals surface area contributed by atoms with Crippen molar-refractivity contribution in [3.63, 3.8) is 0 Å². The number of benzene rings is 1. The first kappa shape index (κ1) is 12.5. The van der Waals surface area contributed by atoms with Crippen LogP contribution in [0.25, 0.3) is 0 Å². The first-order valence-corrected chi connectivity index (χ1v) is 7.55. The van der Waals surface area contributed by atoms with Crippen LogP contribution in [0, 0.1) is 0 Å². The summed E-state index contributed by atoms with van der Waals surface area (Å²) in [4.78, 5) is 5.15. The van der Waals surface area contributed by atoms with Gasteiger partial charge in [-0.05, 0) is 37.1 Å². The second-order valence-corrected chi connectivity index (χ2v) is 6.17. The van der Waals surface area contributed by atoms with Crippen LogP contribution >= 0.6 is 15.9 Å². The molecule has 2 fully saturated rings. The first-order chi connectivity index (χ1) is 8.78. The molecule has 0 bridgehead atoms. The van der Waals surface area contributed by atoms with E-state index in [1.165, 1.54) is 37.2 Å². The molecule has 1 unspecified atom stereocenters. The van der Waals surface area contributed by atoms with Crippen molar-refractivity contribution in [2.45, 2.75) is 25.4 Å². The lowest BCUT2D eigenvalue weighted by atomic mass is 10.1. The zero-order valence-electron chi connectivity index (χ0n) is 10.6. The third-order valence-corrected chi connectivity index (χ3v) is 4.69. The molecule has 0 amide bonds. The van der Waals surface area contributed by atoms with E-state index in [0.29, 0.717) is 6.54 Å². The van der Waals surface area contributed by atoms with Gasteiger partial charge in [0.25, 0.3) is 0 Å². The smallest absolute Gasteiger partial charge is 0.0424 e. The predicted molar refractivity (Wildman–Crippen MR) is 78.8 cm³/mol. The Hall–Kier alpha value is -0.580. The fourth-order valence-electron chi connectivity index (χ4n) is 3.21. The van der Waals surface area contributed by atoms with Crippen molar-refractivity contribution in [1.82, 2.24) is 4.90 Å². The van der Waals surface area contributed by atoms with Gasteiger partial charge in [-0.2, -0.15) is 0 Å². The highest BCUT2D eigenvalue weighted by molar-refractivity contribution is 9.10. The van der Waals surface area contributed by atoms with Gasteiger partial charge in [0.15, 0.2) is 0 Å². The van der Waals surface area contributed by atoms with Crippen molar-refractivity contribution in [2.75, 3.05) is 31.1 Å². The van der Waals surface area contributed by atoms with E-state index in [2.05, 4.69) is 43.9 Å². The number of hydrogen-bond donors (Lipinski definition) is 1. The quantitative estimate of drug-likeness (QED) is 0.909. The van der Waals surface area contributed by atoms with E-state index in [1.54, 1.807) is 0 Å². The highest BCUT2D eigenvalue weighted by Gasteiger charge is 2.31. The minimum Gasteiger partial charge on any atom is -0.368 e. The number of fused-ring (bicyclic) bond motifs is 1. The number of hydrogen-bond acceptors (Lipinski definition) is 3. The van der Waals surface area contributed by atoms with E-state index in [-0.39, 0.29) is 0 Å². The van der Waals surface area contributed by atoms with Crippen LogP contribution in [0.3, 0.4) is 0 Å². The van der Waals surface area contributed by atoms with E-state index >= 15 is 0 Å². The fourth-order valence-corrected chi connectivity index (χ4v) is 3.56. The van der Waals surface area contributed by atoms with E-state index in [1.807, 2.05) is 0 Å². The second-order valence-electron chi connectivity index (χ2n) is 5.26. The summed E-state index contributed by atoms with van der Waals surface area (Å²) in [7, 11) is 0. The summed E-state index contributed by atoms with van der Waals surface area (Å²) in [5.74, 6) is 0. The molecule has 98 valence electrons. The maximum Gasteiger partial charge on any atom is 0.0424 e. The molecule has 2 aliphatic heterocycles. The van der Waals surface area contributed by atoms with Gasteiger partial charge in [-0.3, -0.25) is 4.90 Å². The minimum atomic E-state index is 0.619. The molecule has 18 heavy (non-hydrogen) atoms. The molecule has 1 aromatic rings. The van der Waals surface area contributed by atoms with Crippen LogP contribution in [-0.2, 0) is 6.54 Å². The molecule has 1 atom stereocenters. The average molecular weight is 310 g/mol. The van der Waals surface area contributed by atoms with Crippen molar-refractivity contribution in [2.24, 2.45) is 5.73 Å². The largest absolute Gasteiger partial charge is 0.368 e. The Kier molecular flexibility index (Phi) is 3.59. The van der Waals surface area contributed by atoms with Gasteiger partial charge in [-0.1, -0.05) is 22.0 Å². The lowest BCUT2D eigenvalue weighted by Gasteiger charge is -2.39. The standard InChI is InChI=1S/C14H20BrN3/c15-12-4-3-11(9-16)14(8-12)18-7-6-17-5-1-2-13(17)10-18/h3-4,8,13H,1-2,5-7,9-10,16H2. The number of anilines is 1. The Morgan fingerprint density at radius 2 is 2.17 bits per heavy atom. The van der Waals surface area contributed by atoms with Gasteiger partial charge >= 0.3 is 0 Å². The lowest BCUT2D eigenvalue weighted by molar-refractivity contribution is 0.231. The predicted octanol–water partition coefficient (Wildman–Crippen LogP) is 2.19. The van der Waals surface area contributed by atoms with Gasteiger partial charge in [0.05, 0.1) is 0 Å². The summed E-state index contributed by atoms with van der Waals surface area (Å²) in [5, 5.41) is 0. The van der Waals surface area contributed by atoms with Crippen LogP contribution in [-0.4, -0.2) is 37.1 Å². The monoisotopic (exact) mass is 309 g/mol. The molecule has 1 aromatic carbocycles. The zero-order chi connectivity index (χ0) is 12.5. The highest BCUT2D eigenvalue weighted by atomic mass is 79.9. The Labute approximate surface area is 117 Å². The molecule has 2 saturated heterocycles. The summed E-state index contributed by atoms with van der Waals surface area (Å²) < 4.78 is 1.14. The summed E-state index contributed by atoms with van der Waals surface area (Å²) in [6.07, 6.45) is 2.71.